The molecule has 0 atom stereocenters. The van der Waals surface area contributed by atoms with Gasteiger partial charge in [-0.1, -0.05) is 18.2 Å². The summed E-state index contributed by atoms with van der Waals surface area (Å²) in [6, 6.07) is 10.4. The molecule has 0 N–H and O–H groups in total. The molecule has 1 aliphatic rings. The summed E-state index contributed by atoms with van der Waals surface area (Å²) >= 11 is 0. The Balaban J connectivity index is 2.22. The van der Waals surface area contributed by atoms with Gasteiger partial charge in [0.1, 0.15) is 0 Å². The van der Waals surface area contributed by atoms with E-state index in [0.29, 0.717) is 0 Å². The van der Waals surface area contributed by atoms with Crippen LogP contribution in [0.25, 0.3) is 0 Å². The molecule has 0 saturated heterocycles. The third-order valence-electron chi connectivity index (χ3n) is 2.40. The van der Waals surface area contributed by atoms with Crippen LogP contribution < -0.4 is 4.90 Å². The van der Waals surface area contributed by atoms with Gasteiger partial charge in [0.15, 0.2) is 0 Å². The molecule has 0 fully saturated rings. The van der Waals surface area contributed by atoms with Crippen molar-refractivity contribution in [2.45, 2.75) is 6.92 Å². The first kappa shape index (κ1) is 8.17. The van der Waals surface area contributed by atoms with Crippen LogP contribution in [0.1, 0.15) is 6.92 Å². The molecule has 1 aromatic rings. The van der Waals surface area contributed by atoms with Crippen molar-refractivity contribution in [3.8, 4) is 0 Å². The molecule has 2 rings (SSSR count). The van der Waals surface area contributed by atoms with Crippen molar-refractivity contribution in [1.82, 2.24) is 4.90 Å². The second kappa shape index (κ2) is 3.13. The maximum atomic E-state index is 2.25. The molecule has 0 amide bonds. The van der Waals surface area contributed by atoms with Gasteiger partial charge in [-0.05, 0) is 19.1 Å². The zero-order valence-electron chi connectivity index (χ0n) is 8.07. The van der Waals surface area contributed by atoms with Crippen molar-refractivity contribution in [3.63, 3.8) is 0 Å². The smallest absolute Gasteiger partial charge is 0.0941 e. The van der Waals surface area contributed by atoms with Crippen LogP contribution in [0.5, 0.6) is 0 Å². The van der Waals surface area contributed by atoms with Gasteiger partial charge in [0, 0.05) is 24.6 Å². The van der Waals surface area contributed by atoms with Gasteiger partial charge in [0.2, 0.25) is 0 Å². The monoisotopic (exact) mass is 174 g/mol. The fourth-order valence-electron chi connectivity index (χ4n) is 1.48. The maximum Gasteiger partial charge on any atom is 0.0941 e. The van der Waals surface area contributed by atoms with Gasteiger partial charge in [-0.15, -0.1) is 0 Å². The van der Waals surface area contributed by atoms with E-state index in [0.717, 1.165) is 6.67 Å². The summed E-state index contributed by atoms with van der Waals surface area (Å²) in [5, 5.41) is 0. The quantitative estimate of drug-likeness (QED) is 0.644. The Morgan fingerprint density at radius 3 is 2.38 bits per heavy atom. The van der Waals surface area contributed by atoms with Crippen LogP contribution in [-0.4, -0.2) is 18.6 Å². The van der Waals surface area contributed by atoms with E-state index in [9.17, 15) is 0 Å². The summed E-state index contributed by atoms with van der Waals surface area (Å²) in [7, 11) is 2.11. The average molecular weight is 174 g/mol. The van der Waals surface area contributed by atoms with E-state index in [1.165, 1.54) is 11.4 Å². The highest BCUT2D eigenvalue weighted by molar-refractivity contribution is 5.50. The van der Waals surface area contributed by atoms with Gasteiger partial charge in [0.25, 0.3) is 0 Å². The second-order valence-electron chi connectivity index (χ2n) is 3.42. The molecule has 0 aromatic heterocycles. The van der Waals surface area contributed by atoms with E-state index >= 15 is 0 Å². The third-order valence-corrected chi connectivity index (χ3v) is 2.40. The number of allylic oxidation sites excluding steroid dienone is 1. The van der Waals surface area contributed by atoms with Crippen molar-refractivity contribution in [2.75, 3.05) is 18.6 Å². The largest absolute Gasteiger partial charge is 0.359 e. The Hall–Kier alpha value is -1.44. The van der Waals surface area contributed by atoms with Gasteiger partial charge in [-0.25, -0.2) is 0 Å². The number of hydrogen-bond donors (Lipinski definition) is 0. The molecule has 0 saturated carbocycles. The second-order valence-corrected chi connectivity index (χ2v) is 3.42. The lowest BCUT2D eigenvalue weighted by Gasteiger charge is -2.18. The minimum Gasteiger partial charge on any atom is -0.359 e. The van der Waals surface area contributed by atoms with Crippen molar-refractivity contribution in [1.29, 1.82) is 0 Å². The lowest BCUT2D eigenvalue weighted by Crippen LogP contribution is -2.22. The average Bonchev–Trinajstić information content (AvgIpc) is 2.49. The Kier molecular flexibility index (Phi) is 1.97. The summed E-state index contributed by atoms with van der Waals surface area (Å²) in [4.78, 5) is 4.47. The fraction of sp³-hybridized carbons (Fsp3) is 0.273. The van der Waals surface area contributed by atoms with E-state index in [1.807, 2.05) is 6.07 Å². The molecule has 0 spiro atoms. The molecule has 2 nitrogen and oxygen atoms in total. The van der Waals surface area contributed by atoms with Crippen molar-refractivity contribution >= 4 is 5.69 Å². The molecule has 1 aliphatic heterocycles. The van der Waals surface area contributed by atoms with Crippen molar-refractivity contribution in [3.05, 3.63) is 42.2 Å². The highest BCUT2D eigenvalue weighted by atomic mass is 15.3. The molecule has 0 unspecified atom stereocenters. The van der Waals surface area contributed by atoms with Crippen LogP contribution in [0, 0.1) is 0 Å². The standard InChI is InChI=1S/C11H14N2/c1-10-8-13(9-12(10)2)11-6-4-3-5-7-11/h3-8H,9H2,1-2H3. The first-order valence-corrected chi connectivity index (χ1v) is 4.48. The number of anilines is 1. The Morgan fingerprint density at radius 2 is 1.85 bits per heavy atom. The summed E-state index contributed by atoms with van der Waals surface area (Å²) in [5.41, 5.74) is 2.56. The van der Waals surface area contributed by atoms with E-state index < -0.39 is 0 Å². The lowest BCUT2D eigenvalue weighted by atomic mass is 10.3. The number of benzene rings is 1. The molecule has 13 heavy (non-hydrogen) atoms. The molecular formula is C11H14N2. The first-order chi connectivity index (χ1) is 6.27. The third kappa shape index (κ3) is 1.52. The van der Waals surface area contributed by atoms with Crippen LogP contribution in [0.3, 0.4) is 0 Å². The topological polar surface area (TPSA) is 6.48 Å². The van der Waals surface area contributed by atoms with Gasteiger partial charge in [-0.3, -0.25) is 0 Å². The van der Waals surface area contributed by atoms with Gasteiger partial charge >= 0.3 is 0 Å². The van der Waals surface area contributed by atoms with Gasteiger partial charge < -0.3 is 9.80 Å². The lowest BCUT2D eigenvalue weighted by molar-refractivity contribution is 0.460. The Morgan fingerprint density at radius 1 is 1.15 bits per heavy atom. The van der Waals surface area contributed by atoms with Gasteiger partial charge in [-0.2, -0.15) is 0 Å². The highest BCUT2D eigenvalue weighted by Crippen LogP contribution is 2.20. The van der Waals surface area contributed by atoms with E-state index in [-0.39, 0.29) is 0 Å². The fourth-order valence-corrected chi connectivity index (χ4v) is 1.48. The zero-order valence-corrected chi connectivity index (χ0v) is 8.07. The van der Waals surface area contributed by atoms with Crippen LogP contribution in [0.15, 0.2) is 42.2 Å². The molecule has 0 bridgehead atoms. The van der Waals surface area contributed by atoms with Crippen LogP contribution >= 0.6 is 0 Å². The number of hydrogen-bond acceptors (Lipinski definition) is 2. The minimum atomic E-state index is 0.954. The number of para-hydroxylation sites is 1. The van der Waals surface area contributed by atoms with E-state index in [1.54, 1.807) is 0 Å². The molecule has 1 heterocycles. The molecule has 0 aliphatic carbocycles. The Labute approximate surface area is 79.1 Å². The van der Waals surface area contributed by atoms with Crippen LogP contribution in [-0.2, 0) is 0 Å². The normalized spacial score (nSPS) is 16.3. The van der Waals surface area contributed by atoms with E-state index in [2.05, 4.69) is 54.2 Å². The zero-order chi connectivity index (χ0) is 9.26. The molecule has 1 aromatic carbocycles. The number of nitrogens with zero attached hydrogens (tertiary/aromatic N) is 2. The molecule has 0 radical (unpaired) electrons. The Bertz CT molecular complexity index is 316. The first-order valence-electron chi connectivity index (χ1n) is 4.48. The summed E-state index contributed by atoms with van der Waals surface area (Å²) in [5.74, 6) is 0. The highest BCUT2D eigenvalue weighted by Gasteiger charge is 2.14. The SMILES string of the molecule is CC1=CN(c2ccccc2)CN1C. The minimum absolute atomic E-state index is 0.954. The number of rotatable bonds is 1. The predicted molar refractivity (Wildman–Crippen MR) is 55.3 cm³/mol. The molecule has 2 heteroatoms. The predicted octanol–water partition coefficient (Wildman–Crippen LogP) is 2.26. The van der Waals surface area contributed by atoms with Crippen molar-refractivity contribution in [2.24, 2.45) is 0 Å². The molecule has 68 valence electrons. The summed E-state index contributed by atoms with van der Waals surface area (Å²) in [6.45, 7) is 3.08. The van der Waals surface area contributed by atoms with E-state index in [4.69, 9.17) is 0 Å². The van der Waals surface area contributed by atoms with Crippen LogP contribution in [0.2, 0.25) is 0 Å². The van der Waals surface area contributed by atoms with Gasteiger partial charge in [0.05, 0.1) is 6.67 Å². The maximum absolute atomic E-state index is 2.25. The van der Waals surface area contributed by atoms with Crippen molar-refractivity contribution < 1.29 is 0 Å². The molecular weight excluding hydrogens is 160 g/mol. The summed E-state index contributed by atoms with van der Waals surface area (Å²) < 4.78 is 0. The summed E-state index contributed by atoms with van der Waals surface area (Å²) in [6.07, 6.45) is 2.18. The van der Waals surface area contributed by atoms with Crippen LogP contribution in [0.4, 0.5) is 5.69 Å².